The smallest absolute Gasteiger partial charge is 0.227 e. The van der Waals surface area contributed by atoms with E-state index in [0.29, 0.717) is 11.9 Å². The van der Waals surface area contributed by atoms with Crippen LogP contribution in [0.1, 0.15) is 12.8 Å². The van der Waals surface area contributed by atoms with E-state index in [1.54, 1.807) is 13.4 Å². The first kappa shape index (κ1) is 17.2. The molecule has 3 rings (SSSR count). The summed E-state index contributed by atoms with van der Waals surface area (Å²) in [7, 11) is 7.64. The normalized spacial score (nSPS) is 17.3. The molecule has 0 aliphatic carbocycles. The van der Waals surface area contributed by atoms with Crippen LogP contribution in [-0.2, 0) is 0 Å². The van der Waals surface area contributed by atoms with Crippen molar-refractivity contribution in [1.29, 1.82) is 0 Å². The van der Waals surface area contributed by atoms with E-state index in [2.05, 4.69) is 36.8 Å². The summed E-state index contributed by atoms with van der Waals surface area (Å²) < 4.78 is 5.21. The minimum atomic E-state index is 0.326. The molecule has 1 atom stereocenters. The van der Waals surface area contributed by atoms with E-state index < -0.39 is 0 Å². The second-order valence-electron chi connectivity index (χ2n) is 6.38. The summed E-state index contributed by atoms with van der Waals surface area (Å²) >= 11 is 0. The zero-order chi connectivity index (χ0) is 17.8. The van der Waals surface area contributed by atoms with E-state index in [0.717, 1.165) is 43.5 Å². The standard InChI is InChI=1S/C17H25N7O/c1-22(2)14-7-8-18-17(21-14)23(3)13-6-5-9-24(11-13)15-10-16(25-4)20-12-19-15/h7-8,10,12-13H,5-6,9,11H2,1-4H3. The molecular weight excluding hydrogens is 318 g/mol. The minimum absolute atomic E-state index is 0.326. The SMILES string of the molecule is COc1cc(N2CCCC(N(C)c3nccc(N(C)C)n3)C2)ncn1. The molecule has 0 aromatic carbocycles. The summed E-state index contributed by atoms with van der Waals surface area (Å²) in [5.74, 6) is 3.14. The first-order valence-corrected chi connectivity index (χ1v) is 8.42. The fourth-order valence-corrected chi connectivity index (χ4v) is 3.01. The number of nitrogens with zero attached hydrogens (tertiary/aromatic N) is 7. The number of piperidine rings is 1. The zero-order valence-electron chi connectivity index (χ0n) is 15.3. The van der Waals surface area contributed by atoms with Crippen LogP contribution in [0.5, 0.6) is 5.88 Å². The van der Waals surface area contributed by atoms with E-state index in [4.69, 9.17) is 4.74 Å². The average Bonchev–Trinajstić information content (AvgIpc) is 2.67. The van der Waals surface area contributed by atoms with Gasteiger partial charge in [0.05, 0.1) is 7.11 Å². The van der Waals surface area contributed by atoms with Crippen LogP contribution in [0.3, 0.4) is 0 Å². The molecule has 8 nitrogen and oxygen atoms in total. The third-order valence-corrected chi connectivity index (χ3v) is 4.51. The molecule has 0 bridgehead atoms. The van der Waals surface area contributed by atoms with Gasteiger partial charge in [-0.3, -0.25) is 0 Å². The Kier molecular flexibility index (Phi) is 5.16. The minimum Gasteiger partial charge on any atom is -0.481 e. The molecule has 0 saturated carbocycles. The van der Waals surface area contributed by atoms with Crippen LogP contribution >= 0.6 is 0 Å². The molecule has 0 spiro atoms. The Labute approximate surface area is 148 Å². The van der Waals surface area contributed by atoms with E-state index in [1.165, 1.54) is 0 Å². The van der Waals surface area contributed by atoms with Gasteiger partial charge in [0.15, 0.2) is 0 Å². The number of ether oxygens (including phenoxy) is 1. The molecule has 0 N–H and O–H groups in total. The van der Waals surface area contributed by atoms with Gasteiger partial charge in [-0.25, -0.2) is 15.0 Å². The highest BCUT2D eigenvalue weighted by atomic mass is 16.5. The number of hydrogen-bond donors (Lipinski definition) is 0. The summed E-state index contributed by atoms with van der Waals surface area (Å²) in [6.45, 7) is 1.84. The molecule has 1 unspecified atom stereocenters. The predicted molar refractivity (Wildman–Crippen MR) is 98.6 cm³/mol. The summed E-state index contributed by atoms with van der Waals surface area (Å²) in [6.07, 6.45) is 5.55. The van der Waals surface area contributed by atoms with Crippen molar-refractivity contribution < 1.29 is 4.74 Å². The van der Waals surface area contributed by atoms with Crippen molar-refractivity contribution in [2.45, 2.75) is 18.9 Å². The van der Waals surface area contributed by atoms with Crippen LogP contribution < -0.4 is 19.4 Å². The van der Waals surface area contributed by atoms with Crippen molar-refractivity contribution in [3.05, 3.63) is 24.7 Å². The Morgan fingerprint density at radius 3 is 2.80 bits per heavy atom. The van der Waals surface area contributed by atoms with Gasteiger partial charge in [-0.1, -0.05) is 0 Å². The van der Waals surface area contributed by atoms with Crippen LogP contribution in [0, 0.1) is 0 Å². The molecule has 1 fully saturated rings. The van der Waals surface area contributed by atoms with Gasteiger partial charge in [-0.2, -0.15) is 4.98 Å². The molecule has 8 heteroatoms. The molecular formula is C17H25N7O. The number of anilines is 3. The van der Waals surface area contributed by atoms with Gasteiger partial charge < -0.3 is 19.4 Å². The lowest BCUT2D eigenvalue weighted by Crippen LogP contribution is -2.47. The second kappa shape index (κ2) is 7.50. The largest absolute Gasteiger partial charge is 0.481 e. The van der Waals surface area contributed by atoms with Crippen LogP contribution in [0.4, 0.5) is 17.6 Å². The first-order valence-electron chi connectivity index (χ1n) is 8.42. The van der Waals surface area contributed by atoms with E-state index >= 15 is 0 Å². The number of likely N-dealkylation sites (N-methyl/N-ethyl adjacent to an activating group) is 1. The summed E-state index contributed by atoms with van der Waals surface area (Å²) in [4.78, 5) is 24.0. The monoisotopic (exact) mass is 343 g/mol. The quantitative estimate of drug-likeness (QED) is 0.808. The van der Waals surface area contributed by atoms with Crippen molar-refractivity contribution in [3.63, 3.8) is 0 Å². The Hall–Kier alpha value is -2.64. The molecule has 0 amide bonds. The lowest BCUT2D eigenvalue weighted by molar-refractivity contribution is 0.396. The molecule has 134 valence electrons. The molecule has 1 aliphatic rings. The number of rotatable bonds is 5. The maximum absolute atomic E-state index is 5.21. The molecule has 0 radical (unpaired) electrons. The Morgan fingerprint density at radius 1 is 1.20 bits per heavy atom. The van der Waals surface area contributed by atoms with Gasteiger partial charge in [0, 0.05) is 52.5 Å². The number of hydrogen-bond acceptors (Lipinski definition) is 8. The summed E-state index contributed by atoms with van der Waals surface area (Å²) in [6, 6.07) is 4.12. The molecule has 2 aromatic heterocycles. The third-order valence-electron chi connectivity index (χ3n) is 4.51. The topological polar surface area (TPSA) is 70.5 Å². The highest BCUT2D eigenvalue weighted by molar-refractivity contribution is 5.45. The predicted octanol–water partition coefficient (Wildman–Crippen LogP) is 1.45. The van der Waals surface area contributed by atoms with Gasteiger partial charge in [0.2, 0.25) is 11.8 Å². The lowest BCUT2D eigenvalue weighted by atomic mass is 10.0. The number of methoxy groups -OCH3 is 1. The maximum atomic E-state index is 5.21. The van der Waals surface area contributed by atoms with Crippen molar-refractivity contribution in [3.8, 4) is 5.88 Å². The van der Waals surface area contributed by atoms with E-state index in [-0.39, 0.29) is 0 Å². The molecule has 3 heterocycles. The van der Waals surface area contributed by atoms with Gasteiger partial charge in [-0.05, 0) is 18.9 Å². The Balaban J connectivity index is 1.75. The molecule has 1 saturated heterocycles. The second-order valence-corrected chi connectivity index (χ2v) is 6.38. The fraction of sp³-hybridized carbons (Fsp3) is 0.529. The van der Waals surface area contributed by atoms with Gasteiger partial charge in [-0.15, -0.1) is 0 Å². The fourth-order valence-electron chi connectivity index (χ4n) is 3.01. The number of aromatic nitrogens is 4. The Bertz CT molecular complexity index is 709. The van der Waals surface area contributed by atoms with Gasteiger partial charge in [0.1, 0.15) is 18.0 Å². The van der Waals surface area contributed by atoms with Crippen LogP contribution in [0.2, 0.25) is 0 Å². The van der Waals surface area contributed by atoms with Crippen LogP contribution in [0.25, 0.3) is 0 Å². The van der Waals surface area contributed by atoms with Crippen LogP contribution in [-0.4, -0.2) is 67.3 Å². The maximum Gasteiger partial charge on any atom is 0.227 e. The third kappa shape index (κ3) is 3.89. The van der Waals surface area contributed by atoms with Crippen LogP contribution in [0.15, 0.2) is 24.7 Å². The van der Waals surface area contributed by atoms with Gasteiger partial charge in [0.25, 0.3) is 0 Å². The average molecular weight is 343 g/mol. The van der Waals surface area contributed by atoms with E-state index in [9.17, 15) is 0 Å². The summed E-state index contributed by atoms with van der Waals surface area (Å²) in [5.41, 5.74) is 0. The lowest BCUT2D eigenvalue weighted by Gasteiger charge is -2.38. The van der Waals surface area contributed by atoms with Crippen molar-refractivity contribution in [2.75, 3.05) is 56.0 Å². The highest BCUT2D eigenvalue weighted by Crippen LogP contribution is 2.24. The van der Waals surface area contributed by atoms with Gasteiger partial charge >= 0.3 is 0 Å². The van der Waals surface area contributed by atoms with E-state index in [1.807, 2.05) is 37.3 Å². The molecule has 2 aromatic rings. The summed E-state index contributed by atoms with van der Waals surface area (Å²) in [5, 5.41) is 0. The van der Waals surface area contributed by atoms with Crippen molar-refractivity contribution >= 4 is 17.6 Å². The highest BCUT2D eigenvalue weighted by Gasteiger charge is 2.26. The molecule has 25 heavy (non-hydrogen) atoms. The Morgan fingerprint density at radius 2 is 2.04 bits per heavy atom. The molecule has 1 aliphatic heterocycles. The van der Waals surface area contributed by atoms with Crippen molar-refractivity contribution in [1.82, 2.24) is 19.9 Å². The zero-order valence-corrected chi connectivity index (χ0v) is 15.3. The first-order chi connectivity index (χ1) is 12.1. The van der Waals surface area contributed by atoms with Crippen molar-refractivity contribution in [2.24, 2.45) is 0 Å².